The molecule has 0 aliphatic rings. The molecule has 0 aliphatic carbocycles. The highest BCUT2D eigenvalue weighted by Crippen LogP contribution is 2.28. The van der Waals surface area contributed by atoms with E-state index in [1.54, 1.807) is 19.1 Å². The smallest absolute Gasteiger partial charge is 0.143 e. The van der Waals surface area contributed by atoms with Gasteiger partial charge in [0.1, 0.15) is 11.6 Å². The van der Waals surface area contributed by atoms with E-state index in [4.69, 9.17) is 5.73 Å². The summed E-state index contributed by atoms with van der Waals surface area (Å²) in [7, 11) is 1.90. The molecular weight excluding hydrogens is 253 g/mol. The summed E-state index contributed by atoms with van der Waals surface area (Å²) in [6, 6.07) is 11.2. The van der Waals surface area contributed by atoms with Gasteiger partial charge in [-0.1, -0.05) is 24.3 Å². The molecule has 1 aromatic heterocycles. The van der Waals surface area contributed by atoms with Gasteiger partial charge in [0, 0.05) is 13.6 Å². The summed E-state index contributed by atoms with van der Waals surface area (Å²) in [6.07, 6.45) is 0. The van der Waals surface area contributed by atoms with Crippen LogP contribution < -0.4 is 5.73 Å². The van der Waals surface area contributed by atoms with Gasteiger partial charge in [-0.2, -0.15) is 0 Å². The van der Waals surface area contributed by atoms with Crippen LogP contribution in [0.2, 0.25) is 0 Å². The van der Waals surface area contributed by atoms with Crippen molar-refractivity contribution in [3.05, 3.63) is 53.3 Å². The average Bonchev–Trinajstić information content (AvgIpc) is 2.79. The van der Waals surface area contributed by atoms with Crippen LogP contribution >= 0.6 is 0 Å². The first-order valence-electron chi connectivity index (χ1n) is 6.53. The Morgan fingerprint density at radius 1 is 1.20 bits per heavy atom. The molecule has 102 valence electrons. The number of aryl methyl sites for hydroxylation is 2. The van der Waals surface area contributed by atoms with Crippen LogP contribution in [-0.2, 0) is 13.6 Å². The Bertz CT molecular complexity index is 790. The molecule has 0 aliphatic heterocycles. The van der Waals surface area contributed by atoms with Crippen molar-refractivity contribution in [1.82, 2.24) is 9.55 Å². The summed E-state index contributed by atoms with van der Waals surface area (Å²) >= 11 is 0. The van der Waals surface area contributed by atoms with E-state index < -0.39 is 0 Å². The molecule has 2 N–H and O–H groups in total. The lowest BCUT2D eigenvalue weighted by Crippen LogP contribution is -1.97. The number of hydrogen-bond donors (Lipinski definition) is 1. The van der Waals surface area contributed by atoms with E-state index in [1.165, 1.54) is 0 Å². The van der Waals surface area contributed by atoms with Gasteiger partial charge in [0.05, 0.1) is 16.6 Å². The first-order chi connectivity index (χ1) is 9.63. The maximum absolute atomic E-state index is 14.3. The van der Waals surface area contributed by atoms with Crippen molar-refractivity contribution in [2.45, 2.75) is 13.5 Å². The molecule has 4 heteroatoms. The van der Waals surface area contributed by atoms with E-state index >= 15 is 0 Å². The Morgan fingerprint density at radius 3 is 2.70 bits per heavy atom. The first-order valence-corrected chi connectivity index (χ1v) is 6.53. The van der Waals surface area contributed by atoms with Crippen LogP contribution in [0.5, 0.6) is 0 Å². The zero-order valence-corrected chi connectivity index (χ0v) is 11.5. The van der Waals surface area contributed by atoms with Crippen LogP contribution in [0.25, 0.3) is 22.4 Å². The third-order valence-corrected chi connectivity index (χ3v) is 3.65. The highest BCUT2D eigenvalue weighted by atomic mass is 19.1. The Hall–Kier alpha value is -2.20. The second kappa shape index (κ2) is 4.72. The van der Waals surface area contributed by atoms with Crippen molar-refractivity contribution < 1.29 is 4.39 Å². The fourth-order valence-electron chi connectivity index (χ4n) is 2.50. The van der Waals surface area contributed by atoms with E-state index in [9.17, 15) is 4.39 Å². The molecule has 2 aromatic carbocycles. The van der Waals surface area contributed by atoms with E-state index in [0.29, 0.717) is 23.5 Å². The minimum absolute atomic E-state index is 0.222. The second-order valence-corrected chi connectivity index (χ2v) is 4.92. The van der Waals surface area contributed by atoms with Crippen molar-refractivity contribution in [1.29, 1.82) is 0 Å². The fourth-order valence-corrected chi connectivity index (χ4v) is 2.50. The van der Waals surface area contributed by atoms with Crippen molar-refractivity contribution in [2.75, 3.05) is 0 Å². The summed E-state index contributed by atoms with van der Waals surface area (Å²) in [5.41, 5.74) is 9.66. The molecule has 3 nitrogen and oxygen atoms in total. The number of hydrogen-bond acceptors (Lipinski definition) is 2. The maximum atomic E-state index is 14.3. The quantitative estimate of drug-likeness (QED) is 0.776. The summed E-state index contributed by atoms with van der Waals surface area (Å²) in [5.74, 6) is 0.405. The van der Waals surface area contributed by atoms with Crippen molar-refractivity contribution in [2.24, 2.45) is 12.8 Å². The van der Waals surface area contributed by atoms with E-state index in [0.717, 1.165) is 16.6 Å². The predicted molar refractivity (Wildman–Crippen MR) is 78.7 cm³/mol. The molecule has 0 unspecified atom stereocenters. The van der Waals surface area contributed by atoms with Crippen LogP contribution in [-0.4, -0.2) is 9.55 Å². The predicted octanol–water partition coefficient (Wildman–Crippen LogP) is 3.15. The Kier molecular flexibility index (Phi) is 3.03. The van der Waals surface area contributed by atoms with Crippen LogP contribution in [0.4, 0.5) is 4.39 Å². The molecule has 0 spiro atoms. The van der Waals surface area contributed by atoms with Gasteiger partial charge in [0.15, 0.2) is 0 Å². The fraction of sp³-hybridized carbons (Fsp3) is 0.188. The number of para-hydroxylation sites is 1. The van der Waals surface area contributed by atoms with E-state index in [-0.39, 0.29) is 5.82 Å². The number of aromatic nitrogens is 2. The van der Waals surface area contributed by atoms with Crippen molar-refractivity contribution in [3.63, 3.8) is 0 Å². The van der Waals surface area contributed by atoms with E-state index in [1.807, 2.05) is 35.9 Å². The maximum Gasteiger partial charge on any atom is 0.143 e. The van der Waals surface area contributed by atoms with Crippen molar-refractivity contribution in [3.8, 4) is 11.4 Å². The molecule has 0 bridgehead atoms. The van der Waals surface area contributed by atoms with Gasteiger partial charge >= 0.3 is 0 Å². The number of rotatable bonds is 2. The number of nitrogens with zero attached hydrogens (tertiary/aromatic N) is 2. The van der Waals surface area contributed by atoms with Crippen LogP contribution in [0.3, 0.4) is 0 Å². The molecule has 0 radical (unpaired) electrons. The van der Waals surface area contributed by atoms with Gasteiger partial charge in [0.2, 0.25) is 0 Å². The third-order valence-electron chi connectivity index (χ3n) is 3.65. The van der Waals surface area contributed by atoms with Gasteiger partial charge in [-0.05, 0) is 30.2 Å². The monoisotopic (exact) mass is 269 g/mol. The molecule has 0 saturated carbocycles. The standard InChI is InChI=1S/C16H16FN3/c1-10-5-3-7-12(14(10)17)16-19-15-11(9-18)6-4-8-13(15)20(16)2/h3-8H,9,18H2,1-2H3. The number of benzene rings is 2. The lowest BCUT2D eigenvalue weighted by Gasteiger charge is -2.05. The Morgan fingerprint density at radius 2 is 1.95 bits per heavy atom. The summed E-state index contributed by atoms with van der Waals surface area (Å²) in [5, 5.41) is 0. The average molecular weight is 269 g/mol. The van der Waals surface area contributed by atoms with Crippen LogP contribution in [0.1, 0.15) is 11.1 Å². The largest absolute Gasteiger partial charge is 0.327 e. The molecule has 0 fully saturated rings. The minimum atomic E-state index is -0.222. The number of imidazole rings is 1. The van der Waals surface area contributed by atoms with Crippen molar-refractivity contribution >= 4 is 11.0 Å². The molecule has 0 amide bonds. The van der Waals surface area contributed by atoms with Gasteiger partial charge in [0.25, 0.3) is 0 Å². The SMILES string of the molecule is Cc1cccc(-c2nc3c(CN)cccc3n2C)c1F. The van der Waals surface area contributed by atoms with Gasteiger partial charge in [-0.3, -0.25) is 0 Å². The lowest BCUT2D eigenvalue weighted by atomic mass is 10.1. The second-order valence-electron chi connectivity index (χ2n) is 4.92. The number of fused-ring (bicyclic) bond motifs is 1. The zero-order valence-electron chi connectivity index (χ0n) is 11.5. The number of halogens is 1. The van der Waals surface area contributed by atoms with Gasteiger partial charge < -0.3 is 10.3 Å². The van der Waals surface area contributed by atoms with Gasteiger partial charge in [-0.25, -0.2) is 9.37 Å². The summed E-state index contributed by atoms with van der Waals surface area (Å²) in [4.78, 5) is 4.60. The summed E-state index contributed by atoms with van der Waals surface area (Å²) < 4.78 is 16.2. The Labute approximate surface area is 116 Å². The first kappa shape index (κ1) is 12.8. The Balaban J connectivity index is 2.32. The van der Waals surface area contributed by atoms with Crippen LogP contribution in [0, 0.1) is 12.7 Å². The molecule has 0 atom stereocenters. The minimum Gasteiger partial charge on any atom is -0.327 e. The lowest BCUT2D eigenvalue weighted by molar-refractivity contribution is 0.620. The third kappa shape index (κ3) is 1.80. The molecule has 3 aromatic rings. The topological polar surface area (TPSA) is 43.8 Å². The highest BCUT2D eigenvalue weighted by molar-refractivity contribution is 5.83. The zero-order chi connectivity index (χ0) is 14.3. The number of nitrogens with two attached hydrogens (primary N) is 1. The van der Waals surface area contributed by atoms with Crippen LogP contribution in [0.15, 0.2) is 36.4 Å². The molecule has 3 rings (SSSR count). The van der Waals surface area contributed by atoms with E-state index in [2.05, 4.69) is 4.98 Å². The normalized spacial score (nSPS) is 11.2. The summed E-state index contributed by atoms with van der Waals surface area (Å²) in [6.45, 7) is 2.18. The van der Waals surface area contributed by atoms with Gasteiger partial charge in [-0.15, -0.1) is 0 Å². The molecular formula is C16H16FN3. The molecule has 1 heterocycles. The molecule has 0 saturated heterocycles. The molecule has 20 heavy (non-hydrogen) atoms. The highest BCUT2D eigenvalue weighted by Gasteiger charge is 2.15.